The molecule has 0 N–H and O–H groups in total. The lowest BCUT2D eigenvalue weighted by atomic mass is 10.3. The zero-order valence-corrected chi connectivity index (χ0v) is 14.3. The van der Waals surface area contributed by atoms with Gasteiger partial charge in [-0.2, -0.15) is 4.31 Å². The molecule has 0 radical (unpaired) electrons. The van der Waals surface area contributed by atoms with Crippen LogP contribution >= 0.6 is 43.2 Å². The number of hydrogen-bond donors (Lipinski definition) is 0. The van der Waals surface area contributed by atoms with Gasteiger partial charge in [0.1, 0.15) is 4.21 Å². The summed E-state index contributed by atoms with van der Waals surface area (Å²) in [4.78, 5) is 0. The molecule has 17 heavy (non-hydrogen) atoms. The van der Waals surface area contributed by atoms with Crippen molar-refractivity contribution in [1.29, 1.82) is 0 Å². The van der Waals surface area contributed by atoms with Gasteiger partial charge in [0.05, 0.1) is 0 Å². The van der Waals surface area contributed by atoms with Crippen molar-refractivity contribution in [2.45, 2.75) is 24.0 Å². The fourth-order valence-corrected chi connectivity index (χ4v) is 5.95. The molecule has 3 nitrogen and oxygen atoms in total. The Balaban J connectivity index is 2.96. The van der Waals surface area contributed by atoms with E-state index < -0.39 is 10.0 Å². The number of alkyl halides is 1. The van der Waals surface area contributed by atoms with Gasteiger partial charge >= 0.3 is 0 Å². The quantitative estimate of drug-likeness (QED) is 0.649. The number of rotatable bonds is 7. The normalized spacial score (nSPS) is 12.2. The molecule has 0 saturated heterocycles. The van der Waals surface area contributed by atoms with Gasteiger partial charge in [0.25, 0.3) is 10.0 Å². The summed E-state index contributed by atoms with van der Waals surface area (Å²) in [5, 5.41) is 2.43. The predicted molar refractivity (Wildman–Crippen MR) is 79.5 cm³/mol. The van der Waals surface area contributed by atoms with Gasteiger partial charge in [-0.25, -0.2) is 8.42 Å². The molecule has 7 heteroatoms. The first-order valence-electron chi connectivity index (χ1n) is 5.33. The first-order valence-corrected chi connectivity index (χ1v) is 9.56. The molecule has 98 valence electrons. The SMILES string of the molecule is CCCCN(CCBr)S(=O)(=O)c1sccc1Br. The second kappa shape index (κ2) is 7.23. The fraction of sp³-hybridized carbons (Fsp3) is 0.600. The summed E-state index contributed by atoms with van der Waals surface area (Å²) < 4.78 is 27.4. The third kappa shape index (κ3) is 4.02. The zero-order valence-electron chi connectivity index (χ0n) is 9.53. The Morgan fingerprint density at radius 3 is 2.59 bits per heavy atom. The van der Waals surface area contributed by atoms with E-state index in [2.05, 4.69) is 38.8 Å². The Hall–Kier alpha value is 0.570. The minimum absolute atomic E-state index is 0.398. The highest BCUT2D eigenvalue weighted by molar-refractivity contribution is 9.10. The van der Waals surface area contributed by atoms with Crippen LogP contribution in [0.3, 0.4) is 0 Å². The van der Waals surface area contributed by atoms with Gasteiger partial charge in [-0.05, 0) is 33.8 Å². The highest BCUT2D eigenvalue weighted by Gasteiger charge is 2.26. The van der Waals surface area contributed by atoms with Gasteiger partial charge in [-0.15, -0.1) is 11.3 Å². The summed E-state index contributed by atoms with van der Waals surface area (Å²) in [5.74, 6) is 0. The summed E-state index contributed by atoms with van der Waals surface area (Å²) in [5.41, 5.74) is 0. The smallest absolute Gasteiger partial charge is 0.206 e. The van der Waals surface area contributed by atoms with E-state index in [1.165, 1.54) is 11.3 Å². The standard InChI is InChI=1S/C10H15Br2NO2S2/c1-2-3-6-13(7-5-11)17(14,15)10-9(12)4-8-16-10/h4,8H,2-3,5-7H2,1H3. The number of thiophene rings is 1. The van der Waals surface area contributed by atoms with Crippen LogP contribution in [0.1, 0.15) is 19.8 Å². The highest BCUT2D eigenvalue weighted by Crippen LogP contribution is 2.30. The van der Waals surface area contributed by atoms with E-state index in [9.17, 15) is 8.42 Å². The van der Waals surface area contributed by atoms with E-state index in [4.69, 9.17) is 0 Å². The molecular formula is C10H15Br2NO2S2. The first-order chi connectivity index (χ1) is 8.04. The molecule has 1 aromatic rings. The lowest BCUT2D eigenvalue weighted by Crippen LogP contribution is -2.33. The molecule has 0 atom stereocenters. The van der Waals surface area contributed by atoms with Crippen LogP contribution in [0.15, 0.2) is 20.1 Å². The Morgan fingerprint density at radius 2 is 2.12 bits per heavy atom. The molecule has 0 aromatic carbocycles. The number of unbranched alkanes of at least 4 members (excludes halogenated alkanes) is 1. The molecule has 0 amide bonds. The molecule has 0 aliphatic heterocycles. The Morgan fingerprint density at radius 1 is 1.41 bits per heavy atom. The predicted octanol–water partition coefficient (Wildman–Crippen LogP) is 3.70. The number of halogens is 2. The molecule has 1 aromatic heterocycles. The Kier molecular flexibility index (Phi) is 6.65. The minimum Gasteiger partial charge on any atom is -0.206 e. The molecule has 0 aliphatic carbocycles. The van der Waals surface area contributed by atoms with Crippen LogP contribution in [-0.2, 0) is 10.0 Å². The largest absolute Gasteiger partial charge is 0.253 e. The van der Waals surface area contributed by atoms with Gasteiger partial charge in [0.2, 0.25) is 0 Å². The molecular weight excluding hydrogens is 390 g/mol. The van der Waals surface area contributed by atoms with Crippen LogP contribution in [-0.4, -0.2) is 31.1 Å². The molecule has 1 heterocycles. The first kappa shape index (κ1) is 15.6. The van der Waals surface area contributed by atoms with E-state index in [1.807, 2.05) is 0 Å². The van der Waals surface area contributed by atoms with Crippen LogP contribution in [0, 0.1) is 0 Å². The summed E-state index contributed by atoms with van der Waals surface area (Å²) in [7, 11) is -3.35. The van der Waals surface area contributed by atoms with Crippen LogP contribution in [0.4, 0.5) is 0 Å². The van der Waals surface area contributed by atoms with Crippen LogP contribution in [0.25, 0.3) is 0 Å². The molecule has 0 unspecified atom stereocenters. The van der Waals surface area contributed by atoms with E-state index in [-0.39, 0.29) is 0 Å². The number of nitrogens with zero attached hydrogens (tertiary/aromatic N) is 1. The van der Waals surface area contributed by atoms with Crippen molar-refractivity contribution in [2.75, 3.05) is 18.4 Å². The summed E-state index contributed by atoms with van der Waals surface area (Å²) in [6.45, 7) is 3.14. The highest BCUT2D eigenvalue weighted by atomic mass is 79.9. The van der Waals surface area contributed by atoms with E-state index in [0.29, 0.717) is 27.1 Å². The van der Waals surface area contributed by atoms with E-state index >= 15 is 0 Å². The van der Waals surface area contributed by atoms with Gasteiger partial charge in [0, 0.05) is 22.9 Å². The maximum absolute atomic E-state index is 12.4. The van der Waals surface area contributed by atoms with Gasteiger partial charge < -0.3 is 0 Å². The summed E-state index contributed by atoms with van der Waals surface area (Å²) in [6.07, 6.45) is 1.87. The maximum atomic E-state index is 12.4. The molecule has 0 saturated carbocycles. The van der Waals surface area contributed by atoms with Crippen LogP contribution < -0.4 is 0 Å². The van der Waals surface area contributed by atoms with Crippen molar-refractivity contribution >= 4 is 53.2 Å². The fourth-order valence-electron chi connectivity index (χ4n) is 1.36. The number of sulfonamides is 1. The minimum atomic E-state index is -3.35. The van der Waals surface area contributed by atoms with Crippen LogP contribution in [0.5, 0.6) is 0 Å². The van der Waals surface area contributed by atoms with Crippen molar-refractivity contribution in [1.82, 2.24) is 4.31 Å². The van der Waals surface area contributed by atoms with Crippen molar-refractivity contribution in [3.63, 3.8) is 0 Å². The van der Waals surface area contributed by atoms with Gasteiger partial charge in [-0.1, -0.05) is 29.3 Å². The van der Waals surface area contributed by atoms with Gasteiger partial charge in [-0.3, -0.25) is 0 Å². The third-order valence-electron chi connectivity index (χ3n) is 2.25. The second-order valence-corrected chi connectivity index (χ2v) is 8.20. The summed E-state index contributed by atoms with van der Waals surface area (Å²) >= 11 is 7.84. The maximum Gasteiger partial charge on any atom is 0.253 e. The van der Waals surface area contributed by atoms with Gasteiger partial charge in [0.15, 0.2) is 0 Å². The Labute approximate surface area is 124 Å². The Bertz CT molecular complexity index is 445. The molecule has 0 spiro atoms. The van der Waals surface area contributed by atoms with Crippen molar-refractivity contribution in [2.24, 2.45) is 0 Å². The monoisotopic (exact) mass is 403 g/mol. The van der Waals surface area contributed by atoms with Crippen LogP contribution in [0.2, 0.25) is 0 Å². The average molecular weight is 405 g/mol. The second-order valence-electron chi connectivity index (χ2n) is 3.50. The lowest BCUT2D eigenvalue weighted by molar-refractivity contribution is 0.423. The topological polar surface area (TPSA) is 37.4 Å². The van der Waals surface area contributed by atoms with Crippen molar-refractivity contribution < 1.29 is 8.42 Å². The molecule has 0 bridgehead atoms. The molecule has 0 aliphatic rings. The lowest BCUT2D eigenvalue weighted by Gasteiger charge is -2.20. The summed E-state index contributed by atoms with van der Waals surface area (Å²) in [6, 6.07) is 1.77. The van der Waals surface area contributed by atoms with Crippen molar-refractivity contribution in [3.05, 3.63) is 15.9 Å². The zero-order chi connectivity index (χ0) is 12.9. The number of hydrogen-bond acceptors (Lipinski definition) is 3. The third-order valence-corrected chi connectivity index (χ3v) is 7.15. The molecule has 1 rings (SSSR count). The average Bonchev–Trinajstić information content (AvgIpc) is 2.71. The van der Waals surface area contributed by atoms with E-state index in [1.54, 1.807) is 15.8 Å². The molecule has 0 fully saturated rings. The van der Waals surface area contributed by atoms with Crippen molar-refractivity contribution in [3.8, 4) is 0 Å². The van der Waals surface area contributed by atoms with E-state index in [0.717, 1.165) is 12.8 Å².